The van der Waals surface area contributed by atoms with E-state index in [2.05, 4.69) is 26.1 Å². The number of halogens is 1. The molecule has 122 valence electrons. The van der Waals surface area contributed by atoms with Gasteiger partial charge >= 0.3 is 5.97 Å². The first kappa shape index (κ1) is 16.1. The lowest BCUT2D eigenvalue weighted by molar-refractivity contribution is -0.144. The summed E-state index contributed by atoms with van der Waals surface area (Å²) in [5.74, 6) is 0.774. The minimum atomic E-state index is -0.217. The molecule has 0 aliphatic heterocycles. The second-order valence-electron chi connectivity index (χ2n) is 5.45. The number of aromatic nitrogens is 2. The molecule has 0 bridgehead atoms. The lowest BCUT2D eigenvalue weighted by atomic mass is 10.2. The monoisotopic (exact) mass is 379 g/mol. The van der Waals surface area contributed by atoms with E-state index in [1.54, 1.807) is 0 Å². The summed E-state index contributed by atoms with van der Waals surface area (Å²) < 4.78 is 11.7. The number of hydrogen-bond acceptors (Lipinski definition) is 6. The summed E-state index contributed by atoms with van der Waals surface area (Å²) >= 11 is 3.43. The van der Waals surface area contributed by atoms with Crippen LogP contribution in [0.1, 0.15) is 25.7 Å². The van der Waals surface area contributed by atoms with E-state index in [9.17, 15) is 4.79 Å². The minimum absolute atomic E-state index is 0.217. The lowest BCUT2D eigenvalue weighted by Crippen LogP contribution is -2.32. The van der Waals surface area contributed by atoms with E-state index >= 15 is 0 Å². The van der Waals surface area contributed by atoms with Gasteiger partial charge in [0.2, 0.25) is 11.8 Å². The zero-order valence-corrected chi connectivity index (χ0v) is 14.5. The van der Waals surface area contributed by atoms with Crippen molar-refractivity contribution < 1.29 is 13.9 Å². The molecule has 0 atom stereocenters. The van der Waals surface area contributed by atoms with Crippen molar-refractivity contribution in [1.29, 1.82) is 0 Å². The molecular formula is C16H18BrN3O3. The number of rotatable bonds is 7. The van der Waals surface area contributed by atoms with Gasteiger partial charge in [-0.1, -0.05) is 22.0 Å². The molecule has 1 aliphatic carbocycles. The van der Waals surface area contributed by atoms with Crippen LogP contribution in [0.5, 0.6) is 0 Å². The maximum absolute atomic E-state index is 11.7. The maximum Gasteiger partial charge on any atom is 0.320 e. The van der Waals surface area contributed by atoms with E-state index in [0.29, 0.717) is 31.0 Å². The summed E-state index contributed by atoms with van der Waals surface area (Å²) in [5, 5.41) is 8.20. The van der Waals surface area contributed by atoms with Gasteiger partial charge in [-0.25, -0.2) is 0 Å². The number of hydrogen-bond donors (Lipinski definition) is 0. The quantitative estimate of drug-likeness (QED) is 0.688. The molecule has 1 aromatic heterocycles. The molecule has 0 N–H and O–H groups in total. The summed E-state index contributed by atoms with van der Waals surface area (Å²) in [7, 11) is 0. The Morgan fingerprint density at radius 1 is 1.43 bits per heavy atom. The van der Waals surface area contributed by atoms with Crippen LogP contribution in [0, 0.1) is 0 Å². The van der Waals surface area contributed by atoms with Crippen molar-refractivity contribution >= 4 is 21.9 Å². The molecule has 1 aromatic carbocycles. The number of ether oxygens (including phenoxy) is 1. The van der Waals surface area contributed by atoms with Crippen molar-refractivity contribution in [2.24, 2.45) is 0 Å². The number of carbonyl (C=O) groups excluding carboxylic acids is 1. The molecule has 7 heteroatoms. The third-order valence-corrected chi connectivity index (χ3v) is 4.07. The molecule has 1 fully saturated rings. The Morgan fingerprint density at radius 2 is 2.26 bits per heavy atom. The predicted octanol–water partition coefficient (Wildman–Crippen LogP) is 3.03. The highest BCUT2D eigenvalue weighted by atomic mass is 79.9. The molecule has 2 aromatic rings. The number of carbonyl (C=O) groups is 1. The highest BCUT2D eigenvalue weighted by Crippen LogP contribution is 2.28. The Hall–Kier alpha value is -1.73. The molecule has 0 amide bonds. The van der Waals surface area contributed by atoms with Crippen LogP contribution in [-0.2, 0) is 16.1 Å². The van der Waals surface area contributed by atoms with E-state index in [0.717, 1.165) is 22.9 Å². The van der Waals surface area contributed by atoms with Crippen LogP contribution < -0.4 is 0 Å². The predicted molar refractivity (Wildman–Crippen MR) is 87.5 cm³/mol. The van der Waals surface area contributed by atoms with Gasteiger partial charge in [0.25, 0.3) is 0 Å². The normalized spacial score (nSPS) is 14.2. The smallest absolute Gasteiger partial charge is 0.320 e. The first-order valence-corrected chi connectivity index (χ1v) is 8.43. The van der Waals surface area contributed by atoms with Gasteiger partial charge in [0.05, 0.1) is 19.7 Å². The van der Waals surface area contributed by atoms with Gasteiger partial charge in [-0.3, -0.25) is 9.69 Å². The van der Waals surface area contributed by atoms with E-state index in [-0.39, 0.29) is 12.5 Å². The lowest BCUT2D eigenvalue weighted by Gasteiger charge is -2.18. The summed E-state index contributed by atoms with van der Waals surface area (Å²) in [6.07, 6.45) is 2.18. The molecule has 6 nitrogen and oxygen atoms in total. The maximum atomic E-state index is 11.7. The van der Waals surface area contributed by atoms with Crippen molar-refractivity contribution in [3.05, 3.63) is 34.6 Å². The van der Waals surface area contributed by atoms with Crippen LogP contribution in [0.2, 0.25) is 0 Å². The number of esters is 1. The third-order valence-electron chi connectivity index (χ3n) is 3.58. The second-order valence-corrected chi connectivity index (χ2v) is 6.37. The van der Waals surface area contributed by atoms with Gasteiger partial charge in [0, 0.05) is 16.1 Å². The molecule has 1 heterocycles. The summed E-state index contributed by atoms with van der Waals surface area (Å²) in [6.45, 7) is 2.92. The first-order chi connectivity index (χ1) is 11.2. The first-order valence-electron chi connectivity index (χ1n) is 7.63. The molecule has 0 radical (unpaired) electrons. The minimum Gasteiger partial charge on any atom is -0.465 e. The van der Waals surface area contributed by atoms with Crippen LogP contribution in [0.3, 0.4) is 0 Å². The van der Waals surface area contributed by atoms with Gasteiger partial charge in [0.1, 0.15) is 0 Å². The van der Waals surface area contributed by atoms with Crippen molar-refractivity contribution in [1.82, 2.24) is 15.1 Å². The van der Waals surface area contributed by atoms with Crippen molar-refractivity contribution in [3.8, 4) is 11.5 Å². The average Bonchev–Trinajstić information content (AvgIpc) is 3.26. The molecule has 1 aliphatic rings. The zero-order chi connectivity index (χ0) is 16.2. The third kappa shape index (κ3) is 4.39. The highest BCUT2D eigenvalue weighted by molar-refractivity contribution is 9.10. The Balaban J connectivity index is 1.68. The largest absolute Gasteiger partial charge is 0.465 e. The van der Waals surface area contributed by atoms with Crippen LogP contribution in [0.15, 0.2) is 33.2 Å². The van der Waals surface area contributed by atoms with Crippen molar-refractivity contribution in [2.45, 2.75) is 32.4 Å². The van der Waals surface area contributed by atoms with Crippen LogP contribution in [-0.4, -0.2) is 40.3 Å². The van der Waals surface area contributed by atoms with Crippen LogP contribution >= 0.6 is 15.9 Å². The van der Waals surface area contributed by atoms with Gasteiger partial charge in [-0.2, -0.15) is 0 Å². The van der Waals surface area contributed by atoms with E-state index < -0.39 is 0 Å². The average molecular weight is 380 g/mol. The van der Waals surface area contributed by atoms with Crippen LogP contribution in [0.4, 0.5) is 0 Å². The molecule has 23 heavy (non-hydrogen) atoms. The fourth-order valence-corrected chi connectivity index (χ4v) is 2.75. The molecule has 0 saturated heterocycles. The zero-order valence-electron chi connectivity index (χ0n) is 12.9. The molecule has 1 saturated carbocycles. The summed E-state index contributed by atoms with van der Waals surface area (Å²) in [5.41, 5.74) is 0.862. The highest BCUT2D eigenvalue weighted by Gasteiger charge is 2.31. The van der Waals surface area contributed by atoms with E-state index in [4.69, 9.17) is 9.15 Å². The van der Waals surface area contributed by atoms with Gasteiger partial charge in [0.15, 0.2) is 0 Å². The Labute approximate surface area is 143 Å². The Morgan fingerprint density at radius 3 is 2.96 bits per heavy atom. The number of benzene rings is 1. The van der Waals surface area contributed by atoms with E-state index in [1.165, 1.54) is 0 Å². The summed E-state index contributed by atoms with van der Waals surface area (Å²) in [4.78, 5) is 13.7. The Bertz CT molecular complexity index is 685. The molecular weight excluding hydrogens is 362 g/mol. The fourth-order valence-electron chi connectivity index (χ4n) is 2.36. The molecule has 3 rings (SSSR count). The molecule has 0 spiro atoms. The molecule has 0 unspecified atom stereocenters. The number of nitrogens with zero attached hydrogens (tertiary/aromatic N) is 3. The second kappa shape index (κ2) is 7.23. The van der Waals surface area contributed by atoms with Crippen molar-refractivity contribution in [2.75, 3.05) is 13.2 Å². The standard InChI is InChI=1S/C16H18BrN3O3/c1-2-22-15(21)10-20(13-6-7-13)9-14-18-19-16(23-14)11-4-3-5-12(17)8-11/h3-5,8,13H,2,6-7,9-10H2,1H3. The van der Waals surface area contributed by atoms with Crippen molar-refractivity contribution in [3.63, 3.8) is 0 Å². The topological polar surface area (TPSA) is 68.5 Å². The van der Waals surface area contributed by atoms with Crippen LogP contribution in [0.25, 0.3) is 11.5 Å². The van der Waals surface area contributed by atoms with E-state index in [1.807, 2.05) is 36.1 Å². The Kier molecular flexibility index (Phi) is 5.07. The summed E-state index contributed by atoms with van der Waals surface area (Å²) in [6, 6.07) is 8.10. The van der Waals surface area contributed by atoms with Gasteiger partial charge in [-0.05, 0) is 38.0 Å². The fraction of sp³-hybridized carbons (Fsp3) is 0.438. The van der Waals surface area contributed by atoms with Gasteiger partial charge in [-0.15, -0.1) is 10.2 Å². The SMILES string of the molecule is CCOC(=O)CN(Cc1nnc(-c2cccc(Br)c2)o1)C1CC1. The van der Waals surface area contributed by atoms with Gasteiger partial charge < -0.3 is 9.15 Å².